The number of nitrogens with one attached hydrogen (secondary N) is 2. The molecule has 2 N–H and O–H groups in total. The van der Waals surface area contributed by atoms with Crippen LogP contribution in [0.1, 0.15) is 12.8 Å². The van der Waals surface area contributed by atoms with Gasteiger partial charge in [-0.15, -0.1) is 0 Å². The van der Waals surface area contributed by atoms with Crippen LogP contribution >= 0.6 is 27.5 Å². The Morgan fingerprint density at radius 1 is 1.47 bits per heavy atom. The molecule has 4 nitrogen and oxygen atoms in total. The first kappa shape index (κ1) is 14.8. The summed E-state index contributed by atoms with van der Waals surface area (Å²) in [6.45, 7) is 2.00. The van der Waals surface area contributed by atoms with Crippen molar-refractivity contribution >= 4 is 39.1 Å². The lowest BCUT2D eigenvalue weighted by molar-refractivity contribution is -0.123. The molecule has 0 atom stereocenters. The summed E-state index contributed by atoms with van der Waals surface area (Å²) >= 11 is 9.21. The van der Waals surface area contributed by atoms with Gasteiger partial charge in [0.05, 0.1) is 11.1 Å². The highest BCUT2D eigenvalue weighted by Crippen LogP contribution is 2.25. The van der Waals surface area contributed by atoms with Crippen molar-refractivity contribution in [2.24, 2.45) is 0 Å². The lowest BCUT2D eigenvalue weighted by atomic mass is 10.1. The first-order valence-corrected chi connectivity index (χ1v) is 7.39. The van der Waals surface area contributed by atoms with Crippen molar-refractivity contribution in [1.29, 1.82) is 0 Å². The molecule has 1 heterocycles. The van der Waals surface area contributed by atoms with Crippen LogP contribution in [0.5, 0.6) is 0 Å². The SMILES string of the molecule is O=C(COC1CCNCC1)Nc1ccc(Cl)c(Br)c1. The topological polar surface area (TPSA) is 50.4 Å². The van der Waals surface area contributed by atoms with Gasteiger partial charge in [-0.2, -0.15) is 0 Å². The number of rotatable bonds is 4. The zero-order valence-electron chi connectivity index (χ0n) is 10.4. The van der Waals surface area contributed by atoms with Gasteiger partial charge in [0.25, 0.3) is 0 Å². The number of carbonyl (C=O) groups excluding carboxylic acids is 1. The second-order valence-electron chi connectivity index (χ2n) is 4.44. The van der Waals surface area contributed by atoms with E-state index in [9.17, 15) is 4.79 Å². The van der Waals surface area contributed by atoms with Crippen LogP contribution in [0, 0.1) is 0 Å². The Kier molecular flexibility index (Phi) is 5.63. The van der Waals surface area contributed by atoms with Crippen LogP contribution in [-0.2, 0) is 9.53 Å². The van der Waals surface area contributed by atoms with Crippen LogP contribution in [0.3, 0.4) is 0 Å². The monoisotopic (exact) mass is 346 g/mol. The molecule has 1 aliphatic rings. The van der Waals surface area contributed by atoms with Gasteiger partial charge in [-0.25, -0.2) is 0 Å². The van der Waals surface area contributed by atoms with Crippen LogP contribution < -0.4 is 10.6 Å². The summed E-state index contributed by atoms with van der Waals surface area (Å²) in [6, 6.07) is 5.26. The maximum absolute atomic E-state index is 11.8. The smallest absolute Gasteiger partial charge is 0.250 e. The number of hydrogen-bond acceptors (Lipinski definition) is 3. The van der Waals surface area contributed by atoms with E-state index in [4.69, 9.17) is 16.3 Å². The lowest BCUT2D eigenvalue weighted by Crippen LogP contribution is -2.34. The molecule has 0 unspecified atom stereocenters. The number of amides is 1. The summed E-state index contributed by atoms with van der Waals surface area (Å²) in [6.07, 6.45) is 2.10. The van der Waals surface area contributed by atoms with Gasteiger partial charge >= 0.3 is 0 Å². The fourth-order valence-electron chi connectivity index (χ4n) is 1.93. The van der Waals surface area contributed by atoms with E-state index < -0.39 is 0 Å². The molecule has 1 saturated heterocycles. The van der Waals surface area contributed by atoms with E-state index in [2.05, 4.69) is 26.6 Å². The highest BCUT2D eigenvalue weighted by Gasteiger charge is 2.14. The van der Waals surface area contributed by atoms with E-state index in [1.165, 1.54) is 0 Å². The van der Waals surface area contributed by atoms with Gasteiger partial charge in [-0.3, -0.25) is 4.79 Å². The van der Waals surface area contributed by atoms with E-state index in [0.29, 0.717) is 10.7 Å². The van der Waals surface area contributed by atoms with Gasteiger partial charge in [0, 0.05) is 10.2 Å². The van der Waals surface area contributed by atoms with Crippen molar-refractivity contribution in [2.45, 2.75) is 18.9 Å². The first-order valence-electron chi connectivity index (χ1n) is 6.22. The molecule has 104 valence electrons. The van der Waals surface area contributed by atoms with Crippen LogP contribution in [-0.4, -0.2) is 31.7 Å². The third kappa shape index (κ3) is 4.76. The van der Waals surface area contributed by atoms with Crippen molar-refractivity contribution in [3.05, 3.63) is 27.7 Å². The van der Waals surface area contributed by atoms with Gasteiger partial charge in [0.1, 0.15) is 6.61 Å². The highest BCUT2D eigenvalue weighted by molar-refractivity contribution is 9.10. The van der Waals surface area contributed by atoms with E-state index in [1.54, 1.807) is 18.2 Å². The molecule has 1 aliphatic heterocycles. The van der Waals surface area contributed by atoms with E-state index in [1.807, 2.05) is 0 Å². The summed E-state index contributed by atoms with van der Waals surface area (Å²) in [5, 5.41) is 6.65. The largest absolute Gasteiger partial charge is 0.368 e. The normalized spacial score (nSPS) is 16.3. The minimum atomic E-state index is -0.146. The molecular formula is C13H16BrClN2O2. The molecule has 2 rings (SSSR count). The summed E-state index contributed by atoms with van der Waals surface area (Å²) in [5.41, 5.74) is 0.704. The molecule has 0 aromatic heterocycles. The van der Waals surface area contributed by atoms with Crippen molar-refractivity contribution in [2.75, 3.05) is 25.0 Å². The van der Waals surface area contributed by atoms with Crippen molar-refractivity contribution < 1.29 is 9.53 Å². The van der Waals surface area contributed by atoms with Crippen LogP contribution in [0.25, 0.3) is 0 Å². The Morgan fingerprint density at radius 3 is 2.89 bits per heavy atom. The maximum atomic E-state index is 11.8. The van der Waals surface area contributed by atoms with Gasteiger partial charge in [-0.1, -0.05) is 11.6 Å². The van der Waals surface area contributed by atoms with E-state index in [-0.39, 0.29) is 18.6 Å². The Hall–Kier alpha value is -0.620. The Balaban J connectivity index is 1.78. The molecule has 0 bridgehead atoms. The standard InChI is InChI=1S/C13H16BrClN2O2/c14-11-7-9(1-2-12(11)15)17-13(18)8-19-10-3-5-16-6-4-10/h1-2,7,10,16H,3-6,8H2,(H,17,18). The van der Waals surface area contributed by atoms with E-state index in [0.717, 1.165) is 30.4 Å². The number of benzene rings is 1. The molecule has 0 spiro atoms. The molecule has 1 aromatic rings. The first-order chi connectivity index (χ1) is 9.15. The van der Waals surface area contributed by atoms with Gasteiger partial charge in [0.15, 0.2) is 0 Å². The molecule has 0 aliphatic carbocycles. The number of piperidine rings is 1. The molecule has 1 amide bonds. The summed E-state index contributed by atoms with van der Waals surface area (Å²) < 4.78 is 6.34. The predicted molar refractivity (Wildman–Crippen MR) is 79.6 cm³/mol. The average molecular weight is 348 g/mol. The lowest BCUT2D eigenvalue weighted by Gasteiger charge is -2.22. The second kappa shape index (κ2) is 7.24. The minimum absolute atomic E-state index is 0.0882. The number of carbonyl (C=O) groups is 1. The summed E-state index contributed by atoms with van der Waals surface area (Å²) in [7, 11) is 0. The van der Waals surface area contributed by atoms with Crippen molar-refractivity contribution in [1.82, 2.24) is 5.32 Å². The molecule has 1 aromatic carbocycles. The van der Waals surface area contributed by atoms with Crippen LogP contribution in [0.2, 0.25) is 5.02 Å². The number of halogens is 2. The average Bonchev–Trinajstić information content (AvgIpc) is 2.42. The zero-order chi connectivity index (χ0) is 13.7. The van der Waals surface area contributed by atoms with Gasteiger partial charge in [0.2, 0.25) is 5.91 Å². The Morgan fingerprint density at radius 2 is 2.21 bits per heavy atom. The molecule has 0 saturated carbocycles. The molecule has 0 radical (unpaired) electrons. The maximum Gasteiger partial charge on any atom is 0.250 e. The number of ether oxygens (including phenoxy) is 1. The molecule has 1 fully saturated rings. The van der Waals surface area contributed by atoms with Crippen molar-refractivity contribution in [3.8, 4) is 0 Å². The molecule has 19 heavy (non-hydrogen) atoms. The molecular weight excluding hydrogens is 332 g/mol. The van der Waals surface area contributed by atoms with Crippen LogP contribution in [0.15, 0.2) is 22.7 Å². The number of hydrogen-bond donors (Lipinski definition) is 2. The van der Waals surface area contributed by atoms with Crippen molar-refractivity contribution in [3.63, 3.8) is 0 Å². The van der Waals surface area contributed by atoms with Gasteiger partial charge < -0.3 is 15.4 Å². The molecule has 6 heteroatoms. The Labute approximate surface area is 126 Å². The third-order valence-corrected chi connectivity index (χ3v) is 4.15. The Bertz CT molecular complexity index is 450. The predicted octanol–water partition coefficient (Wildman–Crippen LogP) is 2.81. The van der Waals surface area contributed by atoms with E-state index >= 15 is 0 Å². The van der Waals surface area contributed by atoms with Crippen LogP contribution in [0.4, 0.5) is 5.69 Å². The fraction of sp³-hybridized carbons (Fsp3) is 0.462. The second-order valence-corrected chi connectivity index (χ2v) is 5.70. The quantitative estimate of drug-likeness (QED) is 0.880. The zero-order valence-corrected chi connectivity index (χ0v) is 12.8. The third-order valence-electron chi connectivity index (χ3n) is 2.94. The minimum Gasteiger partial charge on any atom is -0.368 e. The van der Waals surface area contributed by atoms with Gasteiger partial charge in [-0.05, 0) is 60.1 Å². The fourth-order valence-corrected chi connectivity index (χ4v) is 2.42. The summed E-state index contributed by atoms with van der Waals surface area (Å²) in [5.74, 6) is -0.146. The summed E-state index contributed by atoms with van der Waals surface area (Å²) in [4.78, 5) is 11.8. The number of anilines is 1. The highest BCUT2D eigenvalue weighted by atomic mass is 79.9.